The summed E-state index contributed by atoms with van der Waals surface area (Å²) in [5, 5.41) is 7.12. The zero-order chi connectivity index (χ0) is 11.7. The molecule has 1 aliphatic carbocycles. The highest BCUT2D eigenvalue weighted by atomic mass is 35.5. The zero-order valence-corrected chi connectivity index (χ0v) is 11.4. The van der Waals surface area contributed by atoms with Crippen LogP contribution in [0, 0.1) is 5.92 Å². The summed E-state index contributed by atoms with van der Waals surface area (Å²) in [6, 6.07) is 0.729. The molecule has 2 heterocycles. The predicted octanol–water partition coefficient (Wildman–Crippen LogP) is 2.76. The van der Waals surface area contributed by atoms with E-state index in [0.29, 0.717) is 5.15 Å². The quantitative estimate of drug-likeness (QED) is 0.913. The fourth-order valence-corrected chi connectivity index (χ4v) is 3.52. The lowest BCUT2D eigenvalue weighted by molar-refractivity contribution is 0.372. The fourth-order valence-electron chi connectivity index (χ4n) is 2.49. The molecule has 1 aliphatic heterocycles. The number of nitrogens with one attached hydrogen (secondary N) is 1. The van der Waals surface area contributed by atoms with E-state index in [4.69, 9.17) is 11.6 Å². The molecule has 3 nitrogen and oxygen atoms in total. The zero-order valence-electron chi connectivity index (χ0n) is 9.86. The van der Waals surface area contributed by atoms with Crippen molar-refractivity contribution in [1.82, 2.24) is 10.3 Å². The molecule has 0 bridgehead atoms. The van der Waals surface area contributed by atoms with Gasteiger partial charge >= 0.3 is 0 Å². The van der Waals surface area contributed by atoms with Gasteiger partial charge in [-0.1, -0.05) is 11.6 Å². The van der Waals surface area contributed by atoms with Crippen molar-refractivity contribution in [2.45, 2.75) is 31.7 Å². The van der Waals surface area contributed by atoms with Crippen LogP contribution in [-0.4, -0.2) is 30.7 Å². The molecule has 5 heteroatoms. The Kier molecular flexibility index (Phi) is 3.54. The molecule has 17 heavy (non-hydrogen) atoms. The topological polar surface area (TPSA) is 28.2 Å². The van der Waals surface area contributed by atoms with Gasteiger partial charge < -0.3 is 10.2 Å². The average Bonchev–Trinajstić information content (AvgIpc) is 3.10. The molecular formula is C12H18ClN3S. The van der Waals surface area contributed by atoms with Crippen molar-refractivity contribution < 1.29 is 0 Å². The van der Waals surface area contributed by atoms with E-state index < -0.39 is 0 Å². The number of hydrogen-bond acceptors (Lipinski definition) is 4. The van der Waals surface area contributed by atoms with Crippen LogP contribution in [0.3, 0.4) is 0 Å². The van der Waals surface area contributed by atoms with Crippen molar-refractivity contribution >= 4 is 28.1 Å². The third-order valence-electron chi connectivity index (χ3n) is 3.61. The second-order valence-electron chi connectivity index (χ2n) is 5.03. The molecule has 1 saturated heterocycles. The third-order valence-corrected chi connectivity index (χ3v) is 4.81. The van der Waals surface area contributed by atoms with Gasteiger partial charge in [-0.25, -0.2) is 4.98 Å². The summed E-state index contributed by atoms with van der Waals surface area (Å²) in [5.41, 5.74) is 0. The minimum Gasteiger partial charge on any atom is -0.345 e. The Bertz CT molecular complexity index is 372. The van der Waals surface area contributed by atoms with Crippen LogP contribution in [0.2, 0.25) is 5.15 Å². The normalized spacial score (nSPS) is 21.7. The molecule has 1 N–H and O–H groups in total. The molecule has 0 amide bonds. The first-order chi connectivity index (χ1) is 8.33. The maximum atomic E-state index is 5.93. The van der Waals surface area contributed by atoms with Gasteiger partial charge in [-0.3, -0.25) is 0 Å². The van der Waals surface area contributed by atoms with Crippen LogP contribution in [0.15, 0.2) is 5.38 Å². The number of anilines is 1. The van der Waals surface area contributed by atoms with Crippen molar-refractivity contribution in [1.29, 1.82) is 0 Å². The lowest BCUT2D eigenvalue weighted by atomic mass is 9.97. The molecule has 2 fully saturated rings. The van der Waals surface area contributed by atoms with Crippen molar-refractivity contribution in [3.05, 3.63) is 10.5 Å². The van der Waals surface area contributed by atoms with Gasteiger partial charge in [0.1, 0.15) is 5.15 Å². The summed E-state index contributed by atoms with van der Waals surface area (Å²) in [6.07, 6.45) is 5.23. The molecule has 94 valence electrons. The number of piperidine rings is 1. The number of hydrogen-bond donors (Lipinski definition) is 1. The molecule has 0 spiro atoms. The molecule has 1 aromatic heterocycles. The molecule has 0 unspecified atom stereocenters. The molecule has 0 aromatic carbocycles. The number of rotatable bonds is 4. The number of halogens is 1. The van der Waals surface area contributed by atoms with E-state index in [0.717, 1.165) is 23.6 Å². The van der Waals surface area contributed by atoms with Crippen LogP contribution in [-0.2, 0) is 0 Å². The second kappa shape index (κ2) is 5.12. The Balaban J connectivity index is 1.67. The summed E-state index contributed by atoms with van der Waals surface area (Å²) in [4.78, 5) is 6.92. The van der Waals surface area contributed by atoms with Crippen molar-refractivity contribution in [3.8, 4) is 0 Å². The van der Waals surface area contributed by atoms with Crippen LogP contribution in [0.4, 0.5) is 5.13 Å². The Morgan fingerprint density at radius 1 is 1.35 bits per heavy atom. The Hall–Kier alpha value is -0.320. The Morgan fingerprint density at radius 3 is 2.71 bits per heavy atom. The molecular weight excluding hydrogens is 254 g/mol. The van der Waals surface area contributed by atoms with Crippen LogP contribution in [0.5, 0.6) is 0 Å². The summed E-state index contributed by atoms with van der Waals surface area (Å²) in [6.45, 7) is 3.50. The van der Waals surface area contributed by atoms with E-state index in [1.807, 2.05) is 5.38 Å². The number of thiazole rings is 1. The minimum atomic E-state index is 0.640. The van der Waals surface area contributed by atoms with Gasteiger partial charge in [-0.15, -0.1) is 11.3 Å². The Morgan fingerprint density at radius 2 is 2.12 bits per heavy atom. The van der Waals surface area contributed by atoms with Crippen molar-refractivity contribution in [2.75, 3.05) is 24.5 Å². The van der Waals surface area contributed by atoms with Crippen LogP contribution < -0.4 is 10.2 Å². The highest BCUT2D eigenvalue weighted by Gasteiger charge is 2.32. The van der Waals surface area contributed by atoms with Gasteiger partial charge in [-0.05, 0) is 44.7 Å². The minimum absolute atomic E-state index is 0.640. The third kappa shape index (κ3) is 2.92. The maximum Gasteiger partial charge on any atom is 0.187 e. The molecule has 2 aliphatic rings. The van der Waals surface area contributed by atoms with Gasteiger partial charge in [0.25, 0.3) is 0 Å². The second-order valence-corrected chi connectivity index (χ2v) is 6.25. The maximum absolute atomic E-state index is 5.93. The van der Waals surface area contributed by atoms with E-state index in [1.54, 1.807) is 11.3 Å². The summed E-state index contributed by atoms with van der Waals surface area (Å²) < 4.78 is 0. The molecule has 1 saturated carbocycles. The summed E-state index contributed by atoms with van der Waals surface area (Å²) >= 11 is 7.62. The van der Waals surface area contributed by atoms with E-state index in [1.165, 1.54) is 38.8 Å². The largest absolute Gasteiger partial charge is 0.345 e. The monoisotopic (exact) mass is 271 g/mol. The molecule has 0 radical (unpaired) electrons. The summed E-state index contributed by atoms with van der Waals surface area (Å²) in [7, 11) is 0. The molecule has 0 atom stereocenters. The molecule has 1 aromatic rings. The van der Waals surface area contributed by atoms with E-state index in [9.17, 15) is 0 Å². The van der Waals surface area contributed by atoms with Crippen LogP contribution in [0.25, 0.3) is 0 Å². The number of nitrogens with zero attached hydrogens (tertiary/aromatic N) is 2. The standard InChI is InChI=1S/C12H18ClN3S/c13-11-8-17-12(15-11)16(10-1-2-10)7-9-3-5-14-6-4-9/h8-10,14H,1-7H2. The van der Waals surface area contributed by atoms with Gasteiger partial charge in [-0.2, -0.15) is 0 Å². The van der Waals surface area contributed by atoms with E-state index >= 15 is 0 Å². The predicted molar refractivity (Wildman–Crippen MR) is 73.1 cm³/mol. The van der Waals surface area contributed by atoms with Crippen molar-refractivity contribution in [2.24, 2.45) is 5.92 Å². The Labute approximate surface area is 111 Å². The van der Waals surface area contributed by atoms with E-state index in [-0.39, 0.29) is 0 Å². The fraction of sp³-hybridized carbons (Fsp3) is 0.750. The van der Waals surface area contributed by atoms with Gasteiger partial charge in [0, 0.05) is 18.0 Å². The highest BCUT2D eigenvalue weighted by molar-refractivity contribution is 7.14. The first-order valence-electron chi connectivity index (χ1n) is 6.41. The average molecular weight is 272 g/mol. The van der Waals surface area contributed by atoms with Crippen LogP contribution >= 0.6 is 22.9 Å². The van der Waals surface area contributed by atoms with Crippen molar-refractivity contribution in [3.63, 3.8) is 0 Å². The highest BCUT2D eigenvalue weighted by Crippen LogP contribution is 2.35. The van der Waals surface area contributed by atoms with Gasteiger partial charge in [0.2, 0.25) is 0 Å². The lowest BCUT2D eigenvalue weighted by Gasteiger charge is -2.30. The first-order valence-corrected chi connectivity index (χ1v) is 7.67. The van der Waals surface area contributed by atoms with E-state index in [2.05, 4.69) is 15.2 Å². The smallest absolute Gasteiger partial charge is 0.187 e. The molecule has 3 rings (SSSR count). The van der Waals surface area contributed by atoms with Gasteiger partial charge in [0.15, 0.2) is 5.13 Å². The summed E-state index contributed by atoms with van der Waals surface area (Å²) in [5.74, 6) is 0.819. The van der Waals surface area contributed by atoms with Gasteiger partial charge in [0.05, 0.1) is 0 Å². The van der Waals surface area contributed by atoms with Crippen LogP contribution in [0.1, 0.15) is 25.7 Å². The number of aromatic nitrogens is 1. The SMILES string of the molecule is Clc1csc(N(CC2CCNCC2)C2CC2)n1. The lowest BCUT2D eigenvalue weighted by Crippen LogP contribution is -2.37. The first kappa shape index (κ1) is 11.8.